The Labute approximate surface area is 144 Å². The van der Waals surface area contributed by atoms with Crippen LogP contribution in [-0.2, 0) is 21.5 Å². The second-order valence-corrected chi connectivity index (χ2v) is 6.28. The molecule has 128 valence electrons. The molecule has 0 fully saturated rings. The Hall–Kier alpha value is -3.22. The molecule has 0 aliphatic carbocycles. The van der Waals surface area contributed by atoms with Crippen LogP contribution in [0, 0.1) is 11.3 Å². The number of carbonyl (C=O) groups excluding carboxylic acids is 1. The summed E-state index contributed by atoms with van der Waals surface area (Å²) in [5.41, 5.74) is 0.867. The van der Waals surface area contributed by atoms with E-state index in [1.54, 1.807) is 30.6 Å². The van der Waals surface area contributed by atoms with Crippen molar-refractivity contribution in [3.63, 3.8) is 0 Å². The van der Waals surface area contributed by atoms with E-state index in [0.29, 0.717) is 6.54 Å². The average molecular weight is 358 g/mol. The first-order chi connectivity index (χ1) is 11.9. The summed E-state index contributed by atoms with van der Waals surface area (Å²) in [6, 6.07) is 10.4. The first-order valence-corrected chi connectivity index (χ1v) is 8.45. The predicted octanol–water partition coefficient (Wildman–Crippen LogP) is 1.46. The first-order valence-electron chi connectivity index (χ1n) is 7.01. The van der Waals surface area contributed by atoms with E-state index in [1.807, 2.05) is 0 Å². The zero-order valence-electron chi connectivity index (χ0n) is 12.9. The highest BCUT2D eigenvalue weighted by molar-refractivity contribution is 7.85. The summed E-state index contributed by atoms with van der Waals surface area (Å²) in [6.45, 7) is 0.402. The number of nitrogens with zero attached hydrogens (tertiary/aromatic N) is 2. The van der Waals surface area contributed by atoms with Gasteiger partial charge >= 0.3 is 0 Å². The number of amides is 1. The molecule has 1 amide bonds. The molecule has 1 aromatic heterocycles. The van der Waals surface area contributed by atoms with Crippen LogP contribution in [0.3, 0.4) is 0 Å². The molecule has 0 spiro atoms. The molecule has 0 saturated heterocycles. The minimum Gasteiger partial charge on any atom is -0.386 e. The highest BCUT2D eigenvalue weighted by Gasteiger charge is 2.13. The Bertz CT molecular complexity index is 934. The molecule has 25 heavy (non-hydrogen) atoms. The van der Waals surface area contributed by atoms with Gasteiger partial charge in [0.05, 0.1) is 4.90 Å². The third-order valence-corrected chi connectivity index (χ3v) is 3.91. The van der Waals surface area contributed by atoms with Gasteiger partial charge in [-0.1, -0.05) is 6.07 Å². The monoisotopic (exact) mass is 358 g/mol. The molecule has 0 saturated carbocycles. The predicted molar refractivity (Wildman–Crippen MR) is 89.7 cm³/mol. The van der Waals surface area contributed by atoms with E-state index in [2.05, 4.69) is 15.6 Å². The van der Waals surface area contributed by atoms with Crippen molar-refractivity contribution in [2.75, 3.05) is 5.32 Å². The van der Waals surface area contributed by atoms with E-state index in [-0.39, 0.29) is 16.2 Å². The van der Waals surface area contributed by atoms with Crippen LogP contribution in [0.2, 0.25) is 0 Å². The van der Waals surface area contributed by atoms with Crippen LogP contribution in [0.25, 0.3) is 0 Å². The van der Waals surface area contributed by atoms with Crippen molar-refractivity contribution in [3.8, 4) is 6.07 Å². The number of hydrogen-bond acceptors (Lipinski definition) is 6. The molecular weight excluding hydrogens is 344 g/mol. The lowest BCUT2D eigenvalue weighted by atomic mass is 10.2. The summed E-state index contributed by atoms with van der Waals surface area (Å²) in [4.78, 5) is 15.6. The number of pyridine rings is 1. The van der Waals surface area contributed by atoms with Crippen molar-refractivity contribution in [2.45, 2.75) is 11.4 Å². The SMILES string of the molecule is N#C/C(=C/NCc1ccncc1)C(=O)Nc1cccc(S(=O)(=O)O)c1. The van der Waals surface area contributed by atoms with Gasteiger partial charge in [0.15, 0.2) is 0 Å². The van der Waals surface area contributed by atoms with Crippen molar-refractivity contribution in [1.29, 1.82) is 5.26 Å². The van der Waals surface area contributed by atoms with Crippen LogP contribution in [0.5, 0.6) is 0 Å². The second kappa shape index (κ2) is 8.05. The van der Waals surface area contributed by atoms with Gasteiger partial charge in [-0.05, 0) is 35.9 Å². The van der Waals surface area contributed by atoms with E-state index in [9.17, 15) is 13.2 Å². The van der Waals surface area contributed by atoms with Gasteiger partial charge in [-0.25, -0.2) is 0 Å². The molecule has 0 atom stereocenters. The summed E-state index contributed by atoms with van der Waals surface area (Å²) in [5, 5.41) is 14.3. The molecule has 3 N–H and O–H groups in total. The maximum absolute atomic E-state index is 12.1. The summed E-state index contributed by atoms with van der Waals surface area (Å²) in [7, 11) is -4.38. The normalized spacial score (nSPS) is 11.4. The van der Waals surface area contributed by atoms with Crippen molar-refractivity contribution in [1.82, 2.24) is 10.3 Å². The molecule has 1 heterocycles. The van der Waals surface area contributed by atoms with Crippen molar-refractivity contribution in [3.05, 3.63) is 66.1 Å². The number of aromatic nitrogens is 1. The molecule has 0 unspecified atom stereocenters. The van der Waals surface area contributed by atoms with Crippen molar-refractivity contribution >= 4 is 21.7 Å². The van der Waals surface area contributed by atoms with Crippen LogP contribution < -0.4 is 10.6 Å². The van der Waals surface area contributed by atoms with Gasteiger partial charge in [-0.2, -0.15) is 13.7 Å². The highest BCUT2D eigenvalue weighted by atomic mass is 32.2. The van der Waals surface area contributed by atoms with Gasteiger partial charge in [-0.3, -0.25) is 14.3 Å². The van der Waals surface area contributed by atoms with Crippen LogP contribution >= 0.6 is 0 Å². The standard InChI is InChI=1S/C16H14N4O4S/c17-9-13(11-19-10-12-4-6-18-7-5-12)16(21)20-14-2-1-3-15(8-14)25(22,23)24/h1-8,11,19H,10H2,(H,20,21)(H,22,23,24)/b13-11-. The Balaban J connectivity index is 2.05. The second-order valence-electron chi connectivity index (χ2n) is 4.86. The molecule has 8 nitrogen and oxygen atoms in total. The Kier molecular flexibility index (Phi) is 5.84. The maximum atomic E-state index is 12.1. The molecule has 0 aliphatic heterocycles. The third-order valence-electron chi connectivity index (χ3n) is 3.06. The van der Waals surface area contributed by atoms with E-state index < -0.39 is 16.0 Å². The zero-order chi connectivity index (χ0) is 18.3. The summed E-state index contributed by atoms with van der Waals surface area (Å²) in [5.74, 6) is -0.711. The van der Waals surface area contributed by atoms with Gasteiger partial charge < -0.3 is 10.6 Å². The lowest BCUT2D eigenvalue weighted by Gasteiger charge is -2.06. The molecule has 0 aliphatic rings. The third kappa shape index (κ3) is 5.42. The molecule has 9 heteroatoms. The number of anilines is 1. The number of benzene rings is 1. The Morgan fingerprint density at radius 1 is 1.28 bits per heavy atom. The summed E-state index contributed by atoms with van der Waals surface area (Å²) >= 11 is 0. The lowest BCUT2D eigenvalue weighted by Crippen LogP contribution is -2.17. The number of carbonyl (C=O) groups is 1. The Morgan fingerprint density at radius 3 is 2.64 bits per heavy atom. The lowest BCUT2D eigenvalue weighted by molar-refractivity contribution is -0.112. The number of hydrogen-bond donors (Lipinski definition) is 3. The topological polar surface area (TPSA) is 132 Å². The van der Waals surface area contributed by atoms with E-state index >= 15 is 0 Å². The van der Waals surface area contributed by atoms with Crippen LogP contribution in [0.4, 0.5) is 5.69 Å². The quantitative estimate of drug-likeness (QED) is 0.404. The number of nitrogens with one attached hydrogen (secondary N) is 2. The fraction of sp³-hybridized carbons (Fsp3) is 0.0625. The van der Waals surface area contributed by atoms with Gasteiger partial charge in [0.25, 0.3) is 16.0 Å². The van der Waals surface area contributed by atoms with Gasteiger partial charge in [0.1, 0.15) is 11.6 Å². The van der Waals surface area contributed by atoms with Gasteiger partial charge in [0.2, 0.25) is 0 Å². The van der Waals surface area contributed by atoms with Crippen LogP contribution in [0.1, 0.15) is 5.56 Å². The first kappa shape index (κ1) is 18.1. The van der Waals surface area contributed by atoms with Crippen LogP contribution in [0.15, 0.2) is 65.5 Å². The molecular formula is C16H14N4O4S. The van der Waals surface area contributed by atoms with Crippen LogP contribution in [-0.4, -0.2) is 23.9 Å². The fourth-order valence-electron chi connectivity index (χ4n) is 1.85. The molecule has 1 aromatic carbocycles. The average Bonchev–Trinajstić information content (AvgIpc) is 2.59. The number of nitriles is 1. The smallest absolute Gasteiger partial charge is 0.294 e. The van der Waals surface area contributed by atoms with E-state index in [1.165, 1.54) is 24.4 Å². The minimum atomic E-state index is -4.38. The number of rotatable bonds is 6. The van der Waals surface area contributed by atoms with Crippen molar-refractivity contribution < 1.29 is 17.8 Å². The summed E-state index contributed by atoms with van der Waals surface area (Å²) < 4.78 is 31.2. The molecule has 2 rings (SSSR count). The minimum absolute atomic E-state index is 0.135. The van der Waals surface area contributed by atoms with Gasteiger partial charge in [-0.15, -0.1) is 0 Å². The van der Waals surface area contributed by atoms with E-state index in [4.69, 9.17) is 9.81 Å². The molecule has 0 bridgehead atoms. The maximum Gasteiger partial charge on any atom is 0.294 e. The van der Waals surface area contributed by atoms with Gasteiger partial charge in [0, 0.05) is 30.8 Å². The molecule has 0 radical (unpaired) electrons. The fourth-order valence-corrected chi connectivity index (χ4v) is 2.38. The largest absolute Gasteiger partial charge is 0.386 e. The summed E-state index contributed by atoms with van der Waals surface area (Å²) in [6.07, 6.45) is 4.52. The highest BCUT2D eigenvalue weighted by Crippen LogP contribution is 2.15. The Morgan fingerprint density at radius 2 is 2.00 bits per heavy atom. The van der Waals surface area contributed by atoms with E-state index in [0.717, 1.165) is 11.6 Å². The van der Waals surface area contributed by atoms with Crippen molar-refractivity contribution in [2.24, 2.45) is 0 Å². The zero-order valence-corrected chi connectivity index (χ0v) is 13.7. The molecule has 2 aromatic rings.